The van der Waals surface area contributed by atoms with Crippen molar-refractivity contribution >= 4 is 0 Å². The molecule has 84 valence electrons. The third kappa shape index (κ3) is 2.17. The van der Waals surface area contributed by atoms with E-state index in [4.69, 9.17) is 0 Å². The van der Waals surface area contributed by atoms with Gasteiger partial charge >= 0.3 is 0 Å². The number of allylic oxidation sites excluding steroid dienone is 4. The molecule has 0 radical (unpaired) electrons. The summed E-state index contributed by atoms with van der Waals surface area (Å²) in [6.07, 6.45) is 13.2. The van der Waals surface area contributed by atoms with Crippen molar-refractivity contribution in [2.45, 2.75) is 45.6 Å². The highest BCUT2D eigenvalue weighted by Crippen LogP contribution is 2.44. The van der Waals surface area contributed by atoms with E-state index in [1.54, 1.807) is 0 Å². The Kier molecular flexibility index (Phi) is 3.01. The van der Waals surface area contributed by atoms with Gasteiger partial charge in [-0.15, -0.1) is 0 Å². The molecule has 0 aromatic heterocycles. The van der Waals surface area contributed by atoms with E-state index in [0.717, 1.165) is 12.8 Å². The molecule has 0 saturated heterocycles. The summed E-state index contributed by atoms with van der Waals surface area (Å²) in [7, 11) is 0. The molecule has 0 amide bonds. The molecule has 1 heteroatoms. The Hall–Kier alpha value is -0.560. The van der Waals surface area contributed by atoms with Crippen LogP contribution in [0.15, 0.2) is 24.3 Å². The lowest BCUT2D eigenvalue weighted by Gasteiger charge is -2.43. The lowest BCUT2D eigenvalue weighted by molar-refractivity contribution is -0.000957. The van der Waals surface area contributed by atoms with E-state index >= 15 is 0 Å². The highest BCUT2D eigenvalue weighted by atomic mass is 16.3. The lowest BCUT2D eigenvalue weighted by atomic mass is 9.64. The minimum atomic E-state index is -0.102. The molecular weight excluding hydrogens is 184 g/mol. The maximum Gasteiger partial charge on any atom is 0.0579 e. The number of aliphatic hydroxyl groups is 1. The molecule has 4 atom stereocenters. The normalized spacial score (nSPS) is 45.7. The molecule has 2 rings (SSSR count). The highest BCUT2D eigenvalue weighted by Gasteiger charge is 2.39. The van der Waals surface area contributed by atoms with Crippen molar-refractivity contribution in [2.24, 2.45) is 17.3 Å². The monoisotopic (exact) mass is 206 g/mol. The van der Waals surface area contributed by atoms with Crippen LogP contribution in [0, 0.1) is 17.3 Å². The van der Waals surface area contributed by atoms with Gasteiger partial charge in [-0.3, -0.25) is 0 Å². The zero-order valence-electron chi connectivity index (χ0n) is 9.82. The zero-order chi connectivity index (χ0) is 10.9. The minimum Gasteiger partial charge on any atom is -0.393 e. The van der Waals surface area contributed by atoms with E-state index < -0.39 is 0 Å². The van der Waals surface area contributed by atoms with Gasteiger partial charge in [-0.05, 0) is 36.5 Å². The number of hydrogen-bond donors (Lipinski definition) is 1. The van der Waals surface area contributed by atoms with Crippen LogP contribution in [0.25, 0.3) is 0 Å². The standard InChI is InChI=1S/C14H22O/c1-11-6-7-12(13(15)10-11)14(2)8-4-3-5-9-14/h3-5,8,11-13,15H,6-7,9-10H2,1-2H3. The second kappa shape index (κ2) is 4.13. The molecule has 1 N–H and O–H groups in total. The van der Waals surface area contributed by atoms with Crippen LogP contribution in [-0.2, 0) is 0 Å². The molecular formula is C14H22O. The lowest BCUT2D eigenvalue weighted by Crippen LogP contribution is -2.39. The molecule has 4 unspecified atom stereocenters. The van der Waals surface area contributed by atoms with Crippen LogP contribution < -0.4 is 0 Å². The van der Waals surface area contributed by atoms with Gasteiger partial charge in [0.05, 0.1) is 6.10 Å². The van der Waals surface area contributed by atoms with Gasteiger partial charge in [0.1, 0.15) is 0 Å². The fourth-order valence-electron chi connectivity index (χ4n) is 3.14. The Morgan fingerprint density at radius 1 is 1.27 bits per heavy atom. The first kappa shape index (κ1) is 10.9. The topological polar surface area (TPSA) is 20.2 Å². The molecule has 2 aliphatic rings. The van der Waals surface area contributed by atoms with Crippen molar-refractivity contribution in [3.8, 4) is 0 Å². The van der Waals surface area contributed by atoms with Crippen LogP contribution in [0.2, 0.25) is 0 Å². The van der Waals surface area contributed by atoms with Crippen molar-refractivity contribution < 1.29 is 5.11 Å². The second-order valence-electron chi connectivity index (χ2n) is 5.59. The van der Waals surface area contributed by atoms with Crippen LogP contribution >= 0.6 is 0 Å². The third-order valence-electron chi connectivity index (χ3n) is 4.21. The van der Waals surface area contributed by atoms with Crippen LogP contribution in [0.5, 0.6) is 0 Å². The van der Waals surface area contributed by atoms with Gasteiger partial charge in [-0.1, -0.05) is 44.6 Å². The molecule has 15 heavy (non-hydrogen) atoms. The maximum atomic E-state index is 10.2. The summed E-state index contributed by atoms with van der Waals surface area (Å²) in [5, 5.41) is 10.2. The smallest absolute Gasteiger partial charge is 0.0579 e. The van der Waals surface area contributed by atoms with Gasteiger partial charge in [0.2, 0.25) is 0 Å². The summed E-state index contributed by atoms with van der Waals surface area (Å²) in [5.41, 5.74) is 0.189. The minimum absolute atomic E-state index is 0.102. The predicted molar refractivity (Wildman–Crippen MR) is 63.5 cm³/mol. The summed E-state index contributed by atoms with van der Waals surface area (Å²) in [5.74, 6) is 1.15. The first-order valence-corrected chi connectivity index (χ1v) is 6.14. The Balaban J connectivity index is 2.09. The van der Waals surface area contributed by atoms with Gasteiger partial charge in [0.25, 0.3) is 0 Å². The van der Waals surface area contributed by atoms with Gasteiger partial charge in [0.15, 0.2) is 0 Å². The zero-order valence-corrected chi connectivity index (χ0v) is 9.82. The second-order valence-corrected chi connectivity index (χ2v) is 5.59. The van der Waals surface area contributed by atoms with Crippen molar-refractivity contribution in [3.63, 3.8) is 0 Å². The van der Waals surface area contributed by atoms with Crippen molar-refractivity contribution in [1.82, 2.24) is 0 Å². The molecule has 0 aromatic rings. The van der Waals surface area contributed by atoms with E-state index in [9.17, 15) is 5.11 Å². The van der Waals surface area contributed by atoms with E-state index in [-0.39, 0.29) is 11.5 Å². The van der Waals surface area contributed by atoms with Gasteiger partial charge in [0, 0.05) is 0 Å². The van der Waals surface area contributed by atoms with Gasteiger partial charge < -0.3 is 5.11 Å². The first-order chi connectivity index (χ1) is 7.12. The average molecular weight is 206 g/mol. The fourth-order valence-corrected chi connectivity index (χ4v) is 3.14. The van der Waals surface area contributed by atoms with E-state index in [1.807, 2.05) is 0 Å². The van der Waals surface area contributed by atoms with Crippen molar-refractivity contribution in [3.05, 3.63) is 24.3 Å². The van der Waals surface area contributed by atoms with E-state index in [0.29, 0.717) is 11.8 Å². The van der Waals surface area contributed by atoms with E-state index in [1.165, 1.54) is 12.8 Å². The number of rotatable bonds is 1. The molecule has 1 saturated carbocycles. The molecule has 0 spiro atoms. The Labute approximate surface area is 92.9 Å². The van der Waals surface area contributed by atoms with Crippen LogP contribution in [0.1, 0.15) is 39.5 Å². The molecule has 1 fully saturated rings. The van der Waals surface area contributed by atoms with E-state index in [2.05, 4.69) is 38.2 Å². The number of hydrogen-bond acceptors (Lipinski definition) is 1. The molecule has 0 heterocycles. The number of aliphatic hydroxyl groups excluding tert-OH is 1. The summed E-state index contributed by atoms with van der Waals surface area (Å²) in [6.45, 7) is 4.54. The largest absolute Gasteiger partial charge is 0.393 e. The highest BCUT2D eigenvalue weighted by molar-refractivity contribution is 5.17. The molecule has 1 nitrogen and oxygen atoms in total. The average Bonchev–Trinajstić information content (AvgIpc) is 2.18. The summed E-state index contributed by atoms with van der Waals surface area (Å²) >= 11 is 0. The van der Waals surface area contributed by atoms with Crippen LogP contribution in [-0.4, -0.2) is 11.2 Å². The third-order valence-corrected chi connectivity index (χ3v) is 4.21. The maximum absolute atomic E-state index is 10.2. The summed E-state index contributed by atoms with van der Waals surface area (Å²) < 4.78 is 0. The fraction of sp³-hybridized carbons (Fsp3) is 0.714. The summed E-state index contributed by atoms with van der Waals surface area (Å²) in [6, 6.07) is 0. The van der Waals surface area contributed by atoms with Gasteiger partial charge in [-0.25, -0.2) is 0 Å². The molecule has 0 aromatic carbocycles. The van der Waals surface area contributed by atoms with Crippen LogP contribution in [0.4, 0.5) is 0 Å². The first-order valence-electron chi connectivity index (χ1n) is 6.14. The Morgan fingerprint density at radius 2 is 2.07 bits per heavy atom. The predicted octanol–water partition coefficient (Wildman–Crippen LogP) is 3.31. The van der Waals surface area contributed by atoms with Crippen LogP contribution in [0.3, 0.4) is 0 Å². The Bertz CT molecular complexity index is 279. The molecule has 0 bridgehead atoms. The molecule has 0 aliphatic heterocycles. The van der Waals surface area contributed by atoms with Crippen molar-refractivity contribution in [1.29, 1.82) is 0 Å². The molecule has 2 aliphatic carbocycles. The SMILES string of the molecule is CC1CCC(C2(C)C=CC=CC2)C(O)C1. The van der Waals surface area contributed by atoms with Gasteiger partial charge in [-0.2, -0.15) is 0 Å². The Morgan fingerprint density at radius 3 is 2.67 bits per heavy atom. The van der Waals surface area contributed by atoms with Crippen molar-refractivity contribution in [2.75, 3.05) is 0 Å². The summed E-state index contributed by atoms with van der Waals surface area (Å²) in [4.78, 5) is 0. The quantitative estimate of drug-likeness (QED) is 0.698.